The molecule has 0 spiro atoms. The van der Waals surface area contributed by atoms with Gasteiger partial charge < -0.3 is 15.2 Å². The largest absolute Gasteiger partial charge is 0.481 e. The van der Waals surface area contributed by atoms with Crippen LogP contribution in [0.4, 0.5) is 13.2 Å². The number of aliphatic carboxylic acids is 1. The van der Waals surface area contributed by atoms with Gasteiger partial charge >= 0.3 is 18.1 Å². The quantitative estimate of drug-likeness (QED) is 0.706. The first-order valence-corrected chi connectivity index (χ1v) is 3.94. The van der Waals surface area contributed by atoms with E-state index in [1.165, 1.54) is 0 Å². The van der Waals surface area contributed by atoms with Gasteiger partial charge in [0.1, 0.15) is 0 Å². The summed E-state index contributed by atoms with van der Waals surface area (Å²) >= 11 is 0. The van der Waals surface area contributed by atoms with E-state index in [1.807, 2.05) is 0 Å². The molecule has 0 aromatic rings. The maximum absolute atomic E-state index is 11.9. The van der Waals surface area contributed by atoms with Gasteiger partial charge in [0.2, 0.25) is 0 Å². The molecule has 5 nitrogen and oxygen atoms in total. The van der Waals surface area contributed by atoms with E-state index in [-0.39, 0.29) is 13.2 Å². The van der Waals surface area contributed by atoms with Crippen LogP contribution in [0.2, 0.25) is 0 Å². The Bertz CT molecular complexity index is 284. The van der Waals surface area contributed by atoms with E-state index in [2.05, 4.69) is 4.74 Å². The third-order valence-corrected chi connectivity index (χ3v) is 1.88. The van der Waals surface area contributed by atoms with Crippen molar-refractivity contribution in [2.24, 2.45) is 0 Å². The summed E-state index contributed by atoms with van der Waals surface area (Å²) in [6.07, 6.45) is -5.60. The van der Waals surface area contributed by atoms with Gasteiger partial charge in [0, 0.05) is 0 Å². The molecule has 15 heavy (non-hydrogen) atoms. The number of ether oxygens (including phenoxy) is 1. The molecule has 2 N–H and O–H groups in total. The minimum atomic E-state index is -5.01. The van der Waals surface area contributed by atoms with Crippen LogP contribution < -0.4 is 5.32 Å². The fourth-order valence-corrected chi connectivity index (χ4v) is 1.17. The number of nitrogens with one attached hydrogen (secondary N) is 1. The Morgan fingerprint density at radius 3 is 2.20 bits per heavy atom. The fourth-order valence-electron chi connectivity index (χ4n) is 1.17. The SMILES string of the molecule is O=C(O)CC1(NC(=O)C(F)(F)F)COC1. The molecule has 1 fully saturated rings. The molecular formula is C7H8F3NO4. The van der Waals surface area contributed by atoms with Crippen molar-refractivity contribution in [3.8, 4) is 0 Å². The average molecular weight is 227 g/mol. The van der Waals surface area contributed by atoms with Crippen molar-refractivity contribution in [2.75, 3.05) is 13.2 Å². The van der Waals surface area contributed by atoms with Crippen molar-refractivity contribution in [2.45, 2.75) is 18.1 Å². The van der Waals surface area contributed by atoms with Crippen molar-refractivity contribution in [1.29, 1.82) is 0 Å². The first-order valence-electron chi connectivity index (χ1n) is 3.94. The molecule has 1 aliphatic heterocycles. The molecule has 1 amide bonds. The number of alkyl halides is 3. The summed E-state index contributed by atoms with van der Waals surface area (Å²) in [5.41, 5.74) is -1.42. The number of rotatable bonds is 3. The van der Waals surface area contributed by atoms with Crippen LogP contribution in [0, 0.1) is 0 Å². The molecule has 0 aromatic carbocycles. The lowest BCUT2D eigenvalue weighted by atomic mass is 9.93. The maximum atomic E-state index is 11.9. The minimum Gasteiger partial charge on any atom is -0.481 e. The van der Waals surface area contributed by atoms with Crippen molar-refractivity contribution in [3.63, 3.8) is 0 Å². The van der Waals surface area contributed by atoms with Crippen LogP contribution >= 0.6 is 0 Å². The predicted molar refractivity (Wildman–Crippen MR) is 40.0 cm³/mol. The molecule has 86 valence electrons. The summed E-state index contributed by atoms with van der Waals surface area (Å²) in [4.78, 5) is 20.9. The first-order chi connectivity index (χ1) is 6.75. The molecule has 0 radical (unpaired) electrons. The van der Waals surface area contributed by atoms with Crippen LogP contribution in [0.3, 0.4) is 0 Å². The first kappa shape index (κ1) is 11.8. The van der Waals surface area contributed by atoms with Crippen LogP contribution in [0.1, 0.15) is 6.42 Å². The van der Waals surface area contributed by atoms with Gasteiger partial charge in [-0.15, -0.1) is 0 Å². The summed E-state index contributed by atoms with van der Waals surface area (Å²) in [5, 5.41) is 10.1. The molecule has 0 bridgehead atoms. The zero-order valence-corrected chi connectivity index (χ0v) is 7.43. The maximum Gasteiger partial charge on any atom is 0.471 e. The third kappa shape index (κ3) is 2.82. The topological polar surface area (TPSA) is 75.6 Å². The predicted octanol–water partition coefficient (Wildman–Crippen LogP) is -0.0914. The molecule has 0 aromatic heterocycles. The van der Waals surface area contributed by atoms with Gasteiger partial charge in [-0.3, -0.25) is 9.59 Å². The van der Waals surface area contributed by atoms with Crippen molar-refractivity contribution in [3.05, 3.63) is 0 Å². The van der Waals surface area contributed by atoms with E-state index >= 15 is 0 Å². The molecular weight excluding hydrogens is 219 g/mol. The smallest absolute Gasteiger partial charge is 0.471 e. The summed E-state index contributed by atoms with van der Waals surface area (Å²) in [7, 11) is 0. The normalized spacial score (nSPS) is 19.1. The van der Waals surface area contributed by atoms with Gasteiger partial charge in [-0.2, -0.15) is 13.2 Å². The Hall–Kier alpha value is -1.31. The molecule has 1 aliphatic rings. The average Bonchev–Trinajstić information content (AvgIpc) is 1.97. The minimum absolute atomic E-state index is 0.221. The van der Waals surface area contributed by atoms with E-state index in [9.17, 15) is 22.8 Å². The Balaban J connectivity index is 2.61. The van der Waals surface area contributed by atoms with Gasteiger partial charge in [0.05, 0.1) is 25.2 Å². The molecule has 0 atom stereocenters. The molecule has 1 rings (SSSR count). The van der Waals surface area contributed by atoms with Gasteiger partial charge in [-0.1, -0.05) is 0 Å². The highest BCUT2D eigenvalue weighted by molar-refractivity contribution is 5.83. The summed E-state index contributed by atoms with van der Waals surface area (Å²) in [5.74, 6) is -3.44. The summed E-state index contributed by atoms with van der Waals surface area (Å²) < 4.78 is 40.2. The van der Waals surface area contributed by atoms with Crippen LogP contribution in [0.25, 0.3) is 0 Å². The Labute approximate surface area is 82.2 Å². The van der Waals surface area contributed by atoms with Crippen LogP contribution in [-0.4, -0.2) is 41.9 Å². The molecule has 0 saturated carbocycles. The van der Waals surface area contributed by atoms with Crippen LogP contribution in [0.15, 0.2) is 0 Å². The summed E-state index contributed by atoms with van der Waals surface area (Å²) in [6.45, 7) is -0.442. The highest BCUT2D eigenvalue weighted by Crippen LogP contribution is 2.24. The number of carboxylic acids is 1. The summed E-state index contributed by atoms with van der Waals surface area (Å²) in [6, 6.07) is 0. The zero-order valence-electron chi connectivity index (χ0n) is 7.43. The van der Waals surface area contributed by atoms with Gasteiger partial charge in [0.15, 0.2) is 0 Å². The number of carbonyl (C=O) groups excluding carboxylic acids is 1. The number of carbonyl (C=O) groups is 2. The second-order valence-corrected chi connectivity index (χ2v) is 3.30. The number of amides is 1. The number of halogens is 3. The fraction of sp³-hybridized carbons (Fsp3) is 0.714. The number of carboxylic acid groups (broad SMARTS) is 1. The Kier molecular flexibility index (Phi) is 2.89. The van der Waals surface area contributed by atoms with E-state index in [0.29, 0.717) is 0 Å². The Morgan fingerprint density at radius 2 is 1.93 bits per heavy atom. The molecule has 0 unspecified atom stereocenters. The lowest BCUT2D eigenvalue weighted by molar-refractivity contribution is -0.183. The highest BCUT2D eigenvalue weighted by atomic mass is 19.4. The van der Waals surface area contributed by atoms with E-state index < -0.39 is 30.0 Å². The number of hydrogen-bond donors (Lipinski definition) is 2. The zero-order chi connectivity index (χ0) is 11.7. The highest BCUT2D eigenvalue weighted by Gasteiger charge is 2.48. The van der Waals surface area contributed by atoms with Crippen molar-refractivity contribution >= 4 is 11.9 Å². The van der Waals surface area contributed by atoms with E-state index in [1.54, 1.807) is 5.32 Å². The van der Waals surface area contributed by atoms with Crippen LogP contribution in [0.5, 0.6) is 0 Å². The second-order valence-electron chi connectivity index (χ2n) is 3.30. The van der Waals surface area contributed by atoms with Gasteiger partial charge in [-0.25, -0.2) is 0 Å². The van der Waals surface area contributed by atoms with Crippen LogP contribution in [-0.2, 0) is 14.3 Å². The molecule has 8 heteroatoms. The van der Waals surface area contributed by atoms with Crippen molar-refractivity contribution in [1.82, 2.24) is 5.32 Å². The van der Waals surface area contributed by atoms with Gasteiger partial charge in [-0.05, 0) is 0 Å². The van der Waals surface area contributed by atoms with Crippen molar-refractivity contribution < 1.29 is 32.6 Å². The lowest BCUT2D eigenvalue weighted by Gasteiger charge is -2.40. The monoisotopic (exact) mass is 227 g/mol. The standard InChI is InChI=1S/C7H8F3NO4/c8-7(9,10)5(14)11-6(1-4(12)13)2-15-3-6/h1-3H2,(H,11,14)(H,12,13). The molecule has 1 heterocycles. The van der Waals surface area contributed by atoms with E-state index in [4.69, 9.17) is 5.11 Å². The molecule has 0 aliphatic carbocycles. The number of hydrogen-bond acceptors (Lipinski definition) is 3. The van der Waals surface area contributed by atoms with E-state index in [0.717, 1.165) is 0 Å². The molecule has 1 saturated heterocycles. The lowest BCUT2D eigenvalue weighted by Crippen LogP contribution is -2.65. The third-order valence-electron chi connectivity index (χ3n) is 1.88. The second kappa shape index (κ2) is 3.69. The van der Waals surface area contributed by atoms with Gasteiger partial charge in [0.25, 0.3) is 0 Å². The Morgan fingerprint density at radius 1 is 1.40 bits per heavy atom.